The Hall–Kier alpha value is -2.53. The summed E-state index contributed by atoms with van der Waals surface area (Å²) in [6.45, 7) is 1.86. The maximum absolute atomic E-state index is 12.2. The Labute approximate surface area is 145 Å². The van der Waals surface area contributed by atoms with Crippen LogP contribution in [-0.4, -0.2) is 17.9 Å². The molecule has 2 atom stereocenters. The first-order valence-corrected chi connectivity index (χ1v) is 8.02. The third-order valence-electron chi connectivity index (χ3n) is 3.80. The number of rotatable bonds is 4. The van der Waals surface area contributed by atoms with Crippen molar-refractivity contribution in [1.29, 1.82) is 0 Å². The van der Waals surface area contributed by atoms with Crippen LogP contribution in [0, 0.1) is 0 Å². The lowest BCUT2D eigenvalue weighted by molar-refractivity contribution is -0.130. The molecule has 0 saturated carbocycles. The summed E-state index contributed by atoms with van der Waals surface area (Å²) >= 11 is 5.96. The number of ether oxygens (including phenoxy) is 1. The van der Waals surface area contributed by atoms with Gasteiger partial charge in [-0.15, -0.1) is 0 Å². The second-order valence-electron chi connectivity index (χ2n) is 5.64. The summed E-state index contributed by atoms with van der Waals surface area (Å²) in [4.78, 5) is 24.3. The van der Waals surface area contributed by atoms with E-state index in [1.54, 1.807) is 24.3 Å². The summed E-state index contributed by atoms with van der Waals surface area (Å²) < 4.78 is 5.63. The van der Waals surface area contributed by atoms with Crippen LogP contribution < -0.4 is 15.4 Å². The lowest BCUT2D eigenvalue weighted by Gasteiger charge is -2.26. The van der Waals surface area contributed by atoms with E-state index in [4.69, 9.17) is 16.3 Å². The van der Waals surface area contributed by atoms with Crippen LogP contribution in [0.15, 0.2) is 48.5 Å². The molecule has 2 N–H and O–H groups in total. The molecule has 0 aliphatic carbocycles. The van der Waals surface area contributed by atoms with Crippen molar-refractivity contribution in [2.45, 2.75) is 25.5 Å². The SMILES string of the molecule is C[C@H](NC(=O)C[C@H]1Oc2ccccc2NC1=O)c1cccc(Cl)c1. The highest BCUT2D eigenvalue weighted by atomic mass is 35.5. The minimum Gasteiger partial charge on any atom is -0.478 e. The molecule has 2 aromatic carbocycles. The molecule has 1 heterocycles. The van der Waals surface area contributed by atoms with Gasteiger partial charge in [0.25, 0.3) is 5.91 Å². The minimum atomic E-state index is -0.841. The van der Waals surface area contributed by atoms with E-state index < -0.39 is 6.10 Å². The van der Waals surface area contributed by atoms with Crippen molar-refractivity contribution in [2.24, 2.45) is 0 Å². The molecule has 0 saturated heterocycles. The molecule has 0 fully saturated rings. The van der Waals surface area contributed by atoms with Crippen molar-refractivity contribution in [1.82, 2.24) is 5.32 Å². The van der Waals surface area contributed by atoms with Gasteiger partial charge >= 0.3 is 0 Å². The standard InChI is InChI=1S/C18H17ClN2O3/c1-11(12-5-4-6-13(19)9-12)20-17(22)10-16-18(23)21-14-7-2-3-8-15(14)24-16/h2-9,11,16H,10H2,1H3,(H,20,22)(H,21,23)/t11-,16+/m0/s1. The molecule has 5 nitrogen and oxygen atoms in total. The molecule has 6 heteroatoms. The largest absolute Gasteiger partial charge is 0.478 e. The zero-order chi connectivity index (χ0) is 17.1. The third-order valence-corrected chi connectivity index (χ3v) is 4.04. The first-order chi connectivity index (χ1) is 11.5. The lowest BCUT2D eigenvalue weighted by Crippen LogP contribution is -2.41. The lowest BCUT2D eigenvalue weighted by atomic mass is 10.1. The van der Waals surface area contributed by atoms with Crippen LogP contribution in [0.2, 0.25) is 5.02 Å². The highest BCUT2D eigenvalue weighted by Gasteiger charge is 2.29. The zero-order valence-corrected chi connectivity index (χ0v) is 13.8. The second-order valence-corrected chi connectivity index (χ2v) is 6.08. The molecule has 0 radical (unpaired) electrons. The molecule has 1 aliphatic heterocycles. The number of para-hydroxylation sites is 2. The van der Waals surface area contributed by atoms with Gasteiger partial charge in [0.15, 0.2) is 6.10 Å². The van der Waals surface area contributed by atoms with Crippen LogP contribution in [0.25, 0.3) is 0 Å². The molecular formula is C18H17ClN2O3. The van der Waals surface area contributed by atoms with E-state index in [0.717, 1.165) is 5.56 Å². The van der Waals surface area contributed by atoms with E-state index in [0.29, 0.717) is 16.5 Å². The minimum absolute atomic E-state index is 0.0505. The highest BCUT2D eigenvalue weighted by Crippen LogP contribution is 2.29. The highest BCUT2D eigenvalue weighted by molar-refractivity contribution is 6.30. The van der Waals surface area contributed by atoms with Gasteiger partial charge in [-0.1, -0.05) is 35.9 Å². The number of amides is 2. The maximum atomic E-state index is 12.2. The first kappa shape index (κ1) is 16.3. The predicted octanol–water partition coefficient (Wildman–Crippen LogP) is 3.31. The van der Waals surface area contributed by atoms with Gasteiger partial charge in [-0.3, -0.25) is 9.59 Å². The number of carbonyl (C=O) groups is 2. The number of carbonyl (C=O) groups excluding carboxylic acids is 2. The fraction of sp³-hybridized carbons (Fsp3) is 0.222. The van der Waals surface area contributed by atoms with E-state index >= 15 is 0 Å². The first-order valence-electron chi connectivity index (χ1n) is 7.64. The average molecular weight is 345 g/mol. The fourth-order valence-corrected chi connectivity index (χ4v) is 2.75. The van der Waals surface area contributed by atoms with Crippen LogP contribution in [-0.2, 0) is 9.59 Å². The number of benzene rings is 2. The summed E-state index contributed by atoms with van der Waals surface area (Å²) in [6.07, 6.45) is -0.892. The molecule has 0 unspecified atom stereocenters. The van der Waals surface area contributed by atoms with E-state index in [-0.39, 0.29) is 24.3 Å². The van der Waals surface area contributed by atoms with E-state index in [2.05, 4.69) is 10.6 Å². The Morgan fingerprint density at radius 3 is 2.88 bits per heavy atom. The van der Waals surface area contributed by atoms with Gasteiger partial charge in [-0.2, -0.15) is 0 Å². The van der Waals surface area contributed by atoms with Gasteiger partial charge < -0.3 is 15.4 Å². The number of fused-ring (bicyclic) bond motifs is 1. The van der Waals surface area contributed by atoms with Crippen LogP contribution in [0.5, 0.6) is 5.75 Å². The van der Waals surface area contributed by atoms with Crippen molar-refractivity contribution in [3.8, 4) is 5.75 Å². The van der Waals surface area contributed by atoms with E-state index in [1.807, 2.05) is 31.2 Å². The number of hydrogen-bond acceptors (Lipinski definition) is 3. The van der Waals surface area contributed by atoms with Gasteiger partial charge in [0.05, 0.1) is 18.2 Å². The summed E-state index contributed by atoms with van der Waals surface area (Å²) in [6, 6.07) is 14.2. The molecule has 0 spiro atoms. The summed E-state index contributed by atoms with van der Waals surface area (Å²) in [7, 11) is 0. The third kappa shape index (κ3) is 3.68. The van der Waals surface area contributed by atoms with Crippen molar-refractivity contribution in [2.75, 3.05) is 5.32 Å². The Bertz CT molecular complexity index is 778. The summed E-state index contributed by atoms with van der Waals surface area (Å²) in [5.41, 5.74) is 1.52. The van der Waals surface area contributed by atoms with Crippen molar-refractivity contribution in [3.05, 3.63) is 59.1 Å². The topological polar surface area (TPSA) is 67.4 Å². The van der Waals surface area contributed by atoms with Crippen LogP contribution in [0.4, 0.5) is 5.69 Å². The molecule has 2 aromatic rings. The van der Waals surface area contributed by atoms with Gasteiger partial charge in [-0.25, -0.2) is 0 Å². The zero-order valence-electron chi connectivity index (χ0n) is 13.1. The van der Waals surface area contributed by atoms with Crippen molar-refractivity contribution < 1.29 is 14.3 Å². The Morgan fingerprint density at radius 1 is 1.29 bits per heavy atom. The van der Waals surface area contributed by atoms with E-state index in [1.165, 1.54) is 0 Å². The Balaban J connectivity index is 1.62. The van der Waals surface area contributed by atoms with Crippen molar-refractivity contribution >= 4 is 29.1 Å². The fourth-order valence-electron chi connectivity index (χ4n) is 2.56. The molecule has 2 amide bonds. The number of hydrogen-bond donors (Lipinski definition) is 2. The molecule has 3 rings (SSSR count). The van der Waals surface area contributed by atoms with Crippen LogP contribution in [0.1, 0.15) is 24.9 Å². The van der Waals surface area contributed by atoms with Gasteiger partial charge in [0.2, 0.25) is 5.91 Å². The van der Waals surface area contributed by atoms with E-state index in [9.17, 15) is 9.59 Å². The monoisotopic (exact) mass is 344 g/mol. The van der Waals surface area contributed by atoms with Crippen LogP contribution >= 0.6 is 11.6 Å². The molecule has 0 aromatic heterocycles. The molecule has 0 bridgehead atoms. The number of anilines is 1. The molecule has 24 heavy (non-hydrogen) atoms. The quantitative estimate of drug-likeness (QED) is 0.894. The smallest absolute Gasteiger partial charge is 0.266 e. The Morgan fingerprint density at radius 2 is 2.08 bits per heavy atom. The average Bonchev–Trinajstić information content (AvgIpc) is 2.55. The molecular weight excluding hydrogens is 328 g/mol. The maximum Gasteiger partial charge on any atom is 0.266 e. The Kier molecular flexibility index (Phi) is 4.71. The van der Waals surface area contributed by atoms with Crippen molar-refractivity contribution in [3.63, 3.8) is 0 Å². The predicted molar refractivity (Wildman–Crippen MR) is 92.1 cm³/mol. The van der Waals surface area contributed by atoms with Gasteiger partial charge in [-0.05, 0) is 36.8 Å². The molecule has 124 valence electrons. The number of halogens is 1. The molecule has 1 aliphatic rings. The second kappa shape index (κ2) is 6.93. The van der Waals surface area contributed by atoms with Crippen LogP contribution in [0.3, 0.4) is 0 Å². The normalized spacial score (nSPS) is 17.2. The van der Waals surface area contributed by atoms with Gasteiger partial charge in [0, 0.05) is 5.02 Å². The summed E-state index contributed by atoms with van der Waals surface area (Å²) in [5, 5.41) is 6.22. The van der Waals surface area contributed by atoms with Gasteiger partial charge in [0.1, 0.15) is 5.75 Å². The number of nitrogens with one attached hydrogen (secondary N) is 2. The summed E-state index contributed by atoms with van der Waals surface area (Å²) in [5.74, 6) is -0.0148.